The van der Waals surface area contributed by atoms with Crippen LogP contribution in [0.2, 0.25) is 0 Å². The maximum Gasteiger partial charge on any atom is 0.185 e. The van der Waals surface area contributed by atoms with Crippen LogP contribution < -0.4 is 5.73 Å². The van der Waals surface area contributed by atoms with Crippen molar-refractivity contribution in [3.05, 3.63) is 34.8 Å². The van der Waals surface area contributed by atoms with E-state index >= 15 is 0 Å². The van der Waals surface area contributed by atoms with E-state index in [2.05, 4.69) is 4.98 Å². The molecule has 0 aliphatic carbocycles. The summed E-state index contributed by atoms with van der Waals surface area (Å²) in [6.07, 6.45) is 0.451. The van der Waals surface area contributed by atoms with Crippen molar-refractivity contribution in [2.75, 3.05) is 12.3 Å². The molecule has 0 saturated heterocycles. The van der Waals surface area contributed by atoms with Gasteiger partial charge in [0.15, 0.2) is 11.6 Å². The Morgan fingerprint density at radius 3 is 2.78 bits per heavy atom. The van der Waals surface area contributed by atoms with Gasteiger partial charge in [-0.1, -0.05) is 0 Å². The molecule has 0 atom stereocenters. The smallest absolute Gasteiger partial charge is 0.185 e. The highest BCUT2D eigenvalue weighted by Gasteiger charge is 2.22. The van der Waals surface area contributed by atoms with E-state index in [1.165, 1.54) is 0 Å². The summed E-state index contributed by atoms with van der Waals surface area (Å²) >= 11 is 0. The van der Waals surface area contributed by atoms with Gasteiger partial charge in [-0.05, 0) is 0 Å². The molecule has 3 nitrogen and oxygen atoms in total. The molecule has 94 valence electrons. The zero-order valence-electron chi connectivity index (χ0n) is 9.27. The first kappa shape index (κ1) is 11.3. The van der Waals surface area contributed by atoms with Crippen LogP contribution in [0.3, 0.4) is 0 Å². The number of pyridine rings is 1. The van der Waals surface area contributed by atoms with E-state index in [-0.39, 0.29) is 23.2 Å². The van der Waals surface area contributed by atoms with Crippen molar-refractivity contribution in [2.45, 2.75) is 13.0 Å². The molecule has 1 aliphatic heterocycles. The molecule has 3 rings (SSSR count). The maximum atomic E-state index is 13.7. The van der Waals surface area contributed by atoms with Crippen molar-refractivity contribution in [1.29, 1.82) is 0 Å². The molecule has 1 aliphatic rings. The van der Waals surface area contributed by atoms with Gasteiger partial charge in [0, 0.05) is 18.1 Å². The molecule has 2 aromatic rings. The van der Waals surface area contributed by atoms with Crippen molar-refractivity contribution >= 4 is 16.6 Å². The van der Waals surface area contributed by atoms with Crippen LogP contribution in [0.5, 0.6) is 0 Å². The Hall–Kier alpha value is -1.82. The lowest BCUT2D eigenvalue weighted by molar-refractivity contribution is 0.110. The van der Waals surface area contributed by atoms with Crippen LogP contribution in [0.15, 0.2) is 6.07 Å². The van der Waals surface area contributed by atoms with E-state index in [9.17, 15) is 13.2 Å². The molecule has 0 radical (unpaired) electrons. The lowest BCUT2D eigenvalue weighted by atomic mass is 10.0. The third-order valence-electron chi connectivity index (χ3n) is 3.07. The molecule has 0 fully saturated rings. The van der Waals surface area contributed by atoms with E-state index < -0.39 is 17.5 Å². The van der Waals surface area contributed by atoms with Gasteiger partial charge in [0.25, 0.3) is 0 Å². The molecular formula is C12H9F3N2O. The lowest BCUT2D eigenvalue weighted by Gasteiger charge is -2.19. The minimum absolute atomic E-state index is 0.0751. The number of aromatic nitrogens is 1. The van der Waals surface area contributed by atoms with Crippen molar-refractivity contribution < 1.29 is 17.9 Å². The molecular weight excluding hydrogens is 245 g/mol. The monoisotopic (exact) mass is 254 g/mol. The summed E-state index contributed by atoms with van der Waals surface area (Å²) < 4.78 is 45.7. The van der Waals surface area contributed by atoms with Gasteiger partial charge in [-0.25, -0.2) is 18.2 Å². The first-order valence-electron chi connectivity index (χ1n) is 5.41. The van der Waals surface area contributed by atoms with Gasteiger partial charge in [-0.15, -0.1) is 0 Å². The normalized spacial score (nSPS) is 14.8. The number of fused-ring (bicyclic) bond motifs is 2. The Labute approximate surface area is 100 Å². The predicted octanol–water partition coefficient (Wildman–Crippen LogP) is 2.31. The van der Waals surface area contributed by atoms with Gasteiger partial charge in [0.1, 0.15) is 11.3 Å². The van der Waals surface area contributed by atoms with Crippen molar-refractivity contribution in [3.63, 3.8) is 0 Å². The number of benzene rings is 1. The molecule has 0 saturated carbocycles. The largest absolute Gasteiger partial charge is 0.398 e. The minimum Gasteiger partial charge on any atom is -0.398 e. The number of rotatable bonds is 0. The molecule has 1 aromatic carbocycles. The Morgan fingerprint density at radius 1 is 1.22 bits per heavy atom. The van der Waals surface area contributed by atoms with Gasteiger partial charge in [-0.3, -0.25) is 0 Å². The minimum atomic E-state index is -1.26. The third-order valence-corrected chi connectivity index (χ3v) is 3.07. The highest BCUT2D eigenvalue weighted by Crippen LogP contribution is 2.32. The van der Waals surface area contributed by atoms with Crippen LogP contribution in [0, 0.1) is 17.5 Å². The molecule has 2 N–H and O–H groups in total. The van der Waals surface area contributed by atoms with Gasteiger partial charge in [0.05, 0.1) is 30.0 Å². The van der Waals surface area contributed by atoms with Crippen molar-refractivity contribution in [3.8, 4) is 0 Å². The third kappa shape index (κ3) is 1.45. The number of nitrogens with two attached hydrogens (primary N) is 1. The van der Waals surface area contributed by atoms with Crippen LogP contribution in [-0.4, -0.2) is 11.6 Å². The Kier molecular flexibility index (Phi) is 2.41. The highest BCUT2D eigenvalue weighted by atomic mass is 19.2. The van der Waals surface area contributed by atoms with Crippen LogP contribution >= 0.6 is 0 Å². The number of anilines is 1. The summed E-state index contributed by atoms with van der Waals surface area (Å²) in [6, 6.07) is 0.478. The van der Waals surface area contributed by atoms with Crippen molar-refractivity contribution in [2.24, 2.45) is 0 Å². The second-order valence-electron chi connectivity index (χ2n) is 4.13. The fraction of sp³-hybridized carbons (Fsp3) is 0.250. The number of ether oxygens (including phenoxy) is 1. The fourth-order valence-electron chi connectivity index (χ4n) is 2.16. The average Bonchev–Trinajstić information content (AvgIpc) is 2.36. The Bertz CT molecular complexity index is 658. The van der Waals surface area contributed by atoms with E-state index in [1.807, 2.05) is 0 Å². The standard InChI is InChI=1S/C12H9F3N2O/c13-6-3-7(14)10(15)12-9(6)11(16)5-4-18-2-1-8(5)17-12/h3H,1-2,4H2,(H2,16,17). The lowest BCUT2D eigenvalue weighted by Crippen LogP contribution is -2.15. The van der Waals surface area contributed by atoms with Crippen molar-refractivity contribution in [1.82, 2.24) is 4.98 Å². The molecule has 0 spiro atoms. The molecule has 0 unspecified atom stereocenters. The van der Waals surface area contributed by atoms with Gasteiger partial charge < -0.3 is 10.5 Å². The van der Waals surface area contributed by atoms with Crippen LogP contribution in [-0.2, 0) is 17.8 Å². The highest BCUT2D eigenvalue weighted by molar-refractivity contribution is 5.93. The van der Waals surface area contributed by atoms with Crippen LogP contribution in [0.4, 0.5) is 18.9 Å². The zero-order valence-corrected chi connectivity index (χ0v) is 9.27. The topological polar surface area (TPSA) is 48.1 Å². The Morgan fingerprint density at radius 2 is 2.00 bits per heavy atom. The first-order valence-corrected chi connectivity index (χ1v) is 5.41. The first-order chi connectivity index (χ1) is 8.59. The number of hydrogen-bond acceptors (Lipinski definition) is 3. The van der Waals surface area contributed by atoms with Gasteiger partial charge in [-0.2, -0.15) is 0 Å². The zero-order chi connectivity index (χ0) is 12.9. The number of halogens is 3. The maximum absolute atomic E-state index is 13.7. The van der Waals surface area contributed by atoms with E-state index in [0.717, 1.165) is 0 Å². The number of nitrogen functional groups attached to an aromatic ring is 1. The summed E-state index contributed by atoms with van der Waals surface area (Å²) in [5.74, 6) is -3.35. The van der Waals surface area contributed by atoms with Crippen LogP contribution in [0.25, 0.3) is 10.9 Å². The quantitative estimate of drug-likeness (QED) is 0.734. The van der Waals surface area contributed by atoms with Crippen LogP contribution in [0.1, 0.15) is 11.3 Å². The molecule has 0 amide bonds. The van der Waals surface area contributed by atoms with Gasteiger partial charge >= 0.3 is 0 Å². The van der Waals surface area contributed by atoms with E-state index in [1.54, 1.807) is 0 Å². The fourth-order valence-corrected chi connectivity index (χ4v) is 2.16. The van der Waals surface area contributed by atoms with E-state index in [0.29, 0.717) is 30.4 Å². The SMILES string of the molecule is Nc1c2c(nc3c(F)c(F)cc(F)c13)CCOC2. The average molecular weight is 254 g/mol. The summed E-state index contributed by atoms with van der Waals surface area (Å²) in [6.45, 7) is 0.646. The summed E-state index contributed by atoms with van der Waals surface area (Å²) in [5.41, 5.74) is 6.62. The number of hydrogen-bond donors (Lipinski definition) is 1. The molecule has 1 aromatic heterocycles. The summed E-state index contributed by atoms with van der Waals surface area (Å²) in [4.78, 5) is 3.98. The number of nitrogens with zero attached hydrogens (tertiary/aromatic N) is 1. The van der Waals surface area contributed by atoms with Gasteiger partial charge in [0.2, 0.25) is 0 Å². The Balaban J connectivity index is 2.45. The van der Waals surface area contributed by atoms with E-state index in [4.69, 9.17) is 10.5 Å². The predicted molar refractivity (Wildman–Crippen MR) is 59.4 cm³/mol. The molecule has 18 heavy (non-hydrogen) atoms. The molecule has 2 heterocycles. The second kappa shape index (κ2) is 3.84. The summed E-state index contributed by atoms with van der Waals surface area (Å²) in [5, 5.41) is -0.182. The second-order valence-corrected chi connectivity index (χ2v) is 4.13. The molecule has 6 heteroatoms. The molecule has 0 bridgehead atoms. The summed E-state index contributed by atoms with van der Waals surface area (Å²) in [7, 11) is 0.